The highest BCUT2D eigenvalue weighted by atomic mass is 16.2. The maximum absolute atomic E-state index is 12.3. The summed E-state index contributed by atoms with van der Waals surface area (Å²) < 4.78 is 0. The predicted octanol–water partition coefficient (Wildman–Crippen LogP) is 3.06. The van der Waals surface area contributed by atoms with Crippen LogP contribution in [0.2, 0.25) is 0 Å². The molecule has 1 fully saturated rings. The predicted molar refractivity (Wildman–Crippen MR) is 89.0 cm³/mol. The molecule has 2 amide bonds. The Kier molecular flexibility index (Phi) is 5.58. The molecule has 2 rings (SSSR count). The highest BCUT2D eigenvalue weighted by Gasteiger charge is 2.20. The normalized spacial score (nSPS) is 14.8. The van der Waals surface area contributed by atoms with Gasteiger partial charge in [-0.1, -0.05) is 12.1 Å². The fourth-order valence-corrected chi connectivity index (χ4v) is 2.98. The number of nitrogens with zero attached hydrogens (tertiary/aromatic N) is 2. The molecule has 1 aromatic carbocycles. The average molecular weight is 302 g/mol. The van der Waals surface area contributed by atoms with Gasteiger partial charge in [-0.05, 0) is 50.3 Å². The first kappa shape index (κ1) is 16.5. The van der Waals surface area contributed by atoms with Gasteiger partial charge in [0.25, 0.3) is 0 Å². The lowest BCUT2D eigenvalue weighted by Crippen LogP contribution is -2.39. The van der Waals surface area contributed by atoms with E-state index in [0.29, 0.717) is 13.0 Å². The summed E-state index contributed by atoms with van der Waals surface area (Å²) in [6.45, 7) is 7.80. The van der Waals surface area contributed by atoms with Crippen molar-refractivity contribution in [2.24, 2.45) is 0 Å². The summed E-state index contributed by atoms with van der Waals surface area (Å²) in [6, 6.07) is 5.95. The molecule has 0 saturated carbocycles. The van der Waals surface area contributed by atoms with Crippen molar-refractivity contribution < 1.29 is 9.59 Å². The van der Waals surface area contributed by atoms with Crippen LogP contribution in [-0.4, -0.2) is 36.3 Å². The summed E-state index contributed by atoms with van der Waals surface area (Å²) in [5.41, 5.74) is 3.17. The second kappa shape index (κ2) is 7.43. The molecule has 0 aromatic heterocycles. The van der Waals surface area contributed by atoms with Gasteiger partial charge < -0.3 is 9.80 Å². The van der Waals surface area contributed by atoms with Gasteiger partial charge in [-0.2, -0.15) is 0 Å². The third kappa shape index (κ3) is 3.87. The monoisotopic (exact) mass is 302 g/mol. The van der Waals surface area contributed by atoms with Crippen molar-refractivity contribution in [1.29, 1.82) is 0 Å². The number of amides is 2. The topological polar surface area (TPSA) is 40.6 Å². The number of piperidine rings is 1. The molecule has 1 heterocycles. The number of likely N-dealkylation sites (tertiary alicyclic amines) is 1. The molecule has 0 aliphatic carbocycles. The van der Waals surface area contributed by atoms with Crippen LogP contribution >= 0.6 is 0 Å². The third-order valence-corrected chi connectivity index (χ3v) is 4.50. The second-order valence-electron chi connectivity index (χ2n) is 6.08. The number of carbonyl (C=O) groups excluding carboxylic acids is 2. The summed E-state index contributed by atoms with van der Waals surface area (Å²) in [5, 5.41) is 0. The van der Waals surface area contributed by atoms with Crippen molar-refractivity contribution in [3.63, 3.8) is 0 Å². The molecule has 22 heavy (non-hydrogen) atoms. The van der Waals surface area contributed by atoms with E-state index < -0.39 is 0 Å². The molecule has 0 N–H and O–H groups in total. The lowest BCUT2D eigenvalue weighted by molar-refractivity contribution is -0.131. The van der Waals surface area contributed by atoms with Gasteiger partial charge in [-0.15, -0.1) is 0 Å². The lowest BCUT2D eigenvalue weighted by atomic mass is 10.1. The van der Waals surface area contributed by atoms with Crippen LogP contribution in [0.3, 0.4) is 0 Å². The van der Waals surface area contributed by atoms with E-state index in [1.165, 1.54) is 6.42 Å². The van der Waals surface area contributed by atoms with E-state index in [1.807, 2.05) is 36.9 Å². The Bertz CT molecular complexity index is 548. The molecule has 1 aliphatic rings. The van der Waals surface area contributed by atoms with E-state index >= 15 is 0 Å². The van der Waals surface area contributed by atoms with Gasteiger partial charge in [0.1, 0.15) is 0 Å². The van der Waals surface area contributed by atoms with E-state index in [0.717, 1.165) is 42.7 Å². The number of hydrogen-bond donors (Lipinski definition) is 0. The quantitative estimate of drug-likeness (QED) is 0.857. The minimum absolute atomic E-state index is 0.0138. The van der Waals surface area contributed by atoms with Gasteiger partial charge >= 0.3 is 0 Å². The molecule has 1 aliphatic heterocycles. The van der Waals surface area contributed by atoms with Crippen LogP contribution in [-0.2, 0) is 9.59 Å². The molecule has 0 atom stereocenters. The molecule has 1 aromatic rings. The van der Waals surface area contributed by atoms with Crippen molar-refractivity contribution in [2.75, 3.05) is 24.5 Å². The zero-order valence-corrected chi connectivity index (χ0v) is 13.9. The summed E-state index contributed by atoms with van der Waals surface area (Å²) >= 11 is 0. The molecule has 4 heteroatoms. The Hall–Kier alpha value is -1.84. The average Bonchev–Trinajstić information content (AvgIpc) is 2.51. The number of hydrogen-bond acceptors (Lipinski definition) is 2. The fraction of sp³-hybridized carbons (Fsp3) is 0.556. The summed E-state index contributed by atoms with van der Waals surface area (Å²) in [7, 11) is 0. The molecule has 0 unspecified atom stereocenters. The second-order valence-corrected chi connectivity index (χ2v) is 6.08. The van der Waals surface area contributed by atoms with E-state index in [1.54, 1.807) is 11.8 Å². The molecular weight excluding hydrogens is 276 g/mol. The van der Waals surface area contributed by atoms with Crippen molar-refractivity contribution in [2.45, 2.75) is 46.5 Å². The van der Waals surface area contributed by atoms with Gasteiger partial charge in [0, 0.05) is 38.7 Å². The minimum atomic E-state index is -0.0138. The van der Waals surface area contributed by atoms with Crippen molar-refractivity contribution in [3.05, 3.63) is 29.3 Å². The van der Waals surface area contributed by atoms with Gasteiger partial charge in [0.15, 0.2) is 0 Å². The minimum Gasteiger partial charge on any atom is -0.343 e. The first-order valence-electron chi connectivity index (χ1n) is 8.13. The van der Waals surface area contributed by atoms with E-state index in [2.05, 4.69) is 0 Å². The van der Waals surface area contributed by atoms with Crippen molar-refractivity contribution in [1.82, 2.24) is 4.90 Å². The zero-order chi connectivity index (χ0) is 16.1. The summed E-state index contributed by atoms with van der Waals surface area (Å²) in [6.07, 6.45) is 3.80. The van der Waals surface area contributed by atoms with Gasteiger partial charge in [0.2, 0.25) is 11.8 Å². The summed E-state index contributed by atoms with van der Waals surface area (Å²) in [5.74, 6) is 0.149. The number of aryl methyl sites for hydroxylation is 1. The van der Waals surface area contributed by atoms with Crippen LogP contribution in [0.5, 0.6) is 0 Å². The Labute approximate surface area is 133 Å². The molecule has 4 nitrogen and oxygen atoms in total. The molecular formula is C18H26N2O2. The van der Waals surface area contributed by atoms with E-state index in [4.69, 9.17) is 0 Å². The first-order valence-corrected chi connectivity index (χ1v) is 8.13. The molecule has 0 spiro atoms. The van der Waals surface area contributed by atoms with Crippen LogP contribution in [0.15, 0.2) is 18.2 Å². The number of benzene rings is 1. The molecule has 1 saturated heterocycles. The Balaban J connectivity index is 2.04. The van der Waals surface area contributed by atoms with Crippen LogP contribution in [0.4, 0.5) is 5.69 Å². The number of anilines is 1. The zero-order valence-electron chi connectivity index (χ0n) is 13.9. The smallest absolute Gasteiger partial charge is 0.224 e. The van der Waals surface area contributed by atoms with Crippen LogP contribution < -0.4 is 4.90 Å². The number of carbonyl (C=O) groups is 2. The van der Waals surface area contributed by atoms with Gasteiger partial charge in [-0.3, -0.25) is 9.59 Å². The van der Waals surface area contributed by atoms with Crippen molar-refractivity contribution in [3.8, 4) is 0 Å². The van der Waals surface area contributed by atoms with Gasteiger partial charge in [0.05, 0.1) is 0 Å². The molecule has 0 bridgehead atoms. The SMILES string of the molecule is CC(=O)N(CCC(=O)N1CCCCC1)c1cccc(C)c1C. The van der Waals surface area contributed by atoms with E-state index in [9.17, 15) is 9.59 Å². The Morgan fingerprint density at radius 2 is 1.82 bits per heavy atom. The van der Waals surface area contributed by atoms with E-state index in [-0.39, 0.29) is 11.8 Å². The van der Waals surface area contributed by atoms with Crippen LogP contribution in [0, 0.1) is 13.8 Å². The largest absolute Gasteiger partial charge is 0.343 e. The maximum atomic E-state index is 12.3. The standard InChI is InChI=1S/C18H26N2O2/c1-14-8-7-9-17(15(14)2)20(16(3)21)13-10-18(22)19-11-5-4-6-12-19/h7-9H,4-6,10-13H2,1-3H3. The highest BCUT2D eigenvalue weighted by Crippen LogP contribution is 2.23. The first-order chi connectivity index (χ1) is 10.5. The lowest BCUT2D eigenvalue weighted by Gasteiger charge is -2.29. The summed E-state index contributed by atoms with van der Waals surface area (Å²) in [4.78, 5) is 28.0. The number of rotatable bonds is 4. The molecule has 120 valence electrons. The Morgan fingerprint density at radius 1 is 1.14 bits per heavy atom. The molecule has 0 radical (unpaired) electrons. The van der Waals surface area contributed by atoms with Crippen LogP contribution in [0.1, 0.15) is 43.7 Å². The third-order valence-electron chi connectivity index (χ3n) is 4.50. The van der Waals surface area contributed by atoms with Crippen molar-refractivity contribution >= 4 is 17.5 Å². The fourth-order valence-electron chi connectivity index (χ4n) is 2.98. The highest BCUT2D eigenvalue weighted by molar-refractivity contribution is 5.93. The maximum Gasteiger partial charge on any atom is 0.224 e. The van der Waals surface area contributed by atoms with Crippen LogP contribution in [0.25, 0.3) is 0 Å². The Morgan fingerprint density at radius 3 is 2.45 bits per heavy atom. The van der Waals surface area contributed by atoms with Gasteiger partial charge in [-0.25, -0.2) is 0 Å².